The van der Waals surface area contributed by atoms with E-state index in [0.29, 0.717) is 19.1 Å². The van der Waals surface area contributed by atoms with Crippen LogP contribution in [-0.4, -0.2) is 36.6 Å². The lowest BCUT2D eigenvalue weighted by atomic mass is 9.94. The Bertz CT molecular complexity index is 348. The Morgan fingerprint density at radius 3 is 2.29 bits per heavy atom. The molecule has 0 aromatic carbocycles. The highest BCUT2D eigenvalue weighted by Gasteiger charge is 2.12. The normalized spacial score (nSPS) is 12.7. The lowest BCUT2D eigenvalue weighted by molar-refractivity contribution is -0.138. The van der Waals surface area contributed by atoms with E-state index in [2.05, 4.69) is 32.1 Å². The smallest absolute Gasteiger partial charge is 0.407 e. The highest BCUT2D eigenvalue weighted by molar-refractivity contribution is 5.67. The maximum absolute atomic E-state index is 10.3. The Labute approximate surface area is 145 Å². The first-order valence-corrected chi connectivity index (χ1v) is 8.38. The summed E-state index contributed by atoms with van der Waals surface area (Å²) in [4.78, 5) is 20.6. The number of aliphatic carboxylic acids is 1. The molecule has 0 heterocycles. The van der Waals surface area contributed by atoms with Gasteiger partial charge in [-0.05, 0) is 37.3 Å². The van der Waals surface area contributed by atoms with Crippen LogP contribution in [0.15, 0.2) is 12.7 Å². The number of carboxylic acid groups (broad SMARTS) is 1. The number of amides is 1. The first-order chi connectivity index (χ1) is 11.3. The molecule has 7 nitrogen and oxygen atoms in total. The molecule has 0 fully saturated rings. The molecule has 142 valence electrons. The Morgan fingerprint density at radius 1 is 1.29 bits per heavy atom. The van der Waals surface area contributed by atoms with Crippen molar-refractivity contribution in [2.45, 2.75) is 59.2 Å². The fraction of sp³-hybridized carbons (Fsp3) is 0.765. The molecule has 0 spiro atoms. The molecule has 0 saturated carbocycles. The molecule has 0 aliphatic carbocycles. The van der Waals surface area contributed by atoms with Gasteiger partial charge in [0.15, 0.2) is 0 Å². The predicted molar refractivity (Wildman–Crippen MR) is 94.4 cm³/mol. The summed E-state index contributed by atoms with van der Waals surface area (Å²) < 4.78 is 9.74. The zero-order chi connectivity index (χ0) is 19.0. The summed E-state index contributed by atoms with van der Waals surface area (Å²) in [5.41, 5.74) is 10.2. The highest BCUT2D eigenvalue weighted by atomic mass is 16.7. The average Bonchev–Trinajstić information content (AvgIpc) is 2.49. The topological polar surface area (TPSA) is 125 Å². The minimum Gasteiger partial charge on any atom is -0.481 e. The second-order valence-electron chi connectivity index (χ2n) is 5.95. The van der Waals surface area contributed by atoms with Gasteiger partial charge in [-0.25, -0.2) is 4.79 Å². The minimum absolute atomic E-state index is 0.146. The van der Waals surface area contributed by atoms with Gasteiger partial charge in [0.05, 0.1) is 6.61 Å². The fourth-order valence-corrected chi connectivity index (χ4v) is 1.99. The largest absolute Gasteiger partial charge is 0.481 e. The second-order valence-corrected chi connectivity index (χ2v) is 5.95. The Morgan fingerprint density at radius 2 is 1.92 bits per heavy atom. The van der Waals surface area contributed by atoms with Crippen molar-refractivity contribution in [3.05, 3.63) is 12.7 Å². The van der Waals surface area contributed by atoms with Crippen LogP contribution in [0, 0.1) is 11.8 Å². The van der Waals surface area contributed by atoms with Crippen molar-refractivity contribution in [3.63, 3.8) is 0 Å². The maximum atomic E-state index is 10.3. The van der Waals surface area contributed by atoms with Crippen molar-refractivity contribution < 1.29 is 24.2 Å². The van der Waals surface area contributed by atoms with Crippen LogP contribution in [0.3, 0.4) is 0 Å². The van der Waals surface area contributed by atoms with E-state index in [-0.39, 0.29) is 12.3 Å². The van der Waals surface area contributed by atoms with E-state index in [1.165, 1.54) is 6.08 Å². The molecule has 7 heteroatoms. The molecule has 2 unspecified atom stereocenters. The van der Waals surface area contributed by atoms with Gasteiger partial charge in [-0.15, -0.1) is 0 Å². The molecule has 0 aromatic rings. The summed E-state index contributed by atoms with van der Waals surface area (Å²) in [6.45, 7) is 10.7. The van der Waals surface area contributed by atoms with E-state index in [4.69, 9.17) is 21.3 Å². The molecule has 24 heavy (non-hydrogen) atoms. The van der Waals surface area contributed by atoms with Crippen LogP contribution in [-0.2, 0) is 14.3 Å². The molecule has 0 saturated heterocycles. The van der Waals surface area contributed by atoms with Gasteiger partial charge in [0.2, 0.25) is 6.29 Å². The number of carbonyl (C=O) groups is 2. The van der Waals surface area contributed by atoms with Crippen molar-refractivity contribution in [2.24, 2.45) is 23.3 Å². The molecule has 0 aliphatic rings. The van der Waals surface area contributed by atoms with Crippen LogP contribution in [0.25, 0.3) is 0 Å². The number of primary amides is 1. The molecule has 5 N–H and O–H groups in total. The van der Waals surface area contributed by atoms with Crippen LogP contribution in [0.4, 0.5) is 4.79 Å². The standard InChI is InChI=1S/C9H17NO3.C8H17NO2/c1-3-5-6-7-12-8(4-2)13-9(10)11;1-6(2)3-7(5-9)4-8(10)11/h4,8H,2-3,5-7H2,1H3,(H2,10,11);6-7H,3-5,9H2,1-2H3,(H,10,11). The molecule has 1 amide bonds. The highest BCUT2D eigenvalue weighted by Crippen LogP contribution is 2.13. The molecule has 0 aromatic heterocycles. The average molecular weight is 346 g/mol. The van der Waals surface area contributed by atoms with Gasteiger partial charge in [0.25, 0.3) is 0 Å². The van der Waals surface area contributed by atoms with Gasteiger partial charge in [-0.2, -0.15) is 0 Å². The lowest BCUT2D eigenvalue weighted by Crippen LogP contribution is -2.23. The molecular weight excluding hydrogens is 312 g/mol. The van der Waals surface area contributed by atoms with Gasteiger partial charge in [-0.3, -0.25) is 4.79 Å². The van der Waals surface area contributed by atoms with Crippen molar-refractivity contribution in [1.82, 2.24) is 0 Å². The Balaban J connectivity index is 0. The van der Waals surface area contributed by atoms with Gasteiger partial charge in [-0.1, -0.05) is 40.2 Å². The van der Waals surface area contributed by atoms with E-state index in [1.807, 2.05) is 0 Å². The number of nitrogens with two attached hydrogens (primary N) is 2. The summed E-state index contributed by atoms with van der Waals surface area (Å²) in [6.07, 6.45) is 4.12. The summed E-state index contributed by atoms with van der Waals surface area (Å²) in [6, 6.07) is 0. The first kappa shape index (κ1) is 24.6. The third-order valence-corrected chi connectivity index (χ3v) is 3.06. The van der Waals surface area contributed by atoms with Crippen LogP contribution < -0.4 is 11.5 Å². The number of ether oxygens (including phenoxy) is 2. The van der Waals surface area contributed by atoms with Crippen molar-refractivity contribution in [2.75, 3.05) is 13.2 Å². The maximum Gasteiger partial charge on any atom is 0.407 e. The number of carbonyl (C=O) groups excluding carboxylic acids is 1. The molecular formula is C17H34N2O5. The Kier molecular flexibility index (Phi) is 16.7. The third-order valence-electron chi connectivity index (χ3n) is 3.06. The lowest BCUT2D eigenvalue weighted by Gasteiger charge is -2.13. The van der Waals surface area contributed by atoms with E-state index in [9.17, 15) is 9.59 Å². The Hall–Kier alpha value is -1.60. The number of rotatable bonds is 12. The summed E-state index contributed by atoms with van der Waals surface area (Å²) >= 11 is 0. The van der Waals surface area contributed by atoms with E-state index in [0.717, 1.165) is 25.7 Å². The van der Waals surface area contributed by atoms with Gasteiger partial charge in [0, 0.05) is 6.42 Å². The van der Waals surface area contributed by atoms with Crippen LogP contribution in [0.2, 0.25) is 0 Å². The van der Waals surface area contributed by atoms with Crippen LogP contribution in [0.1, 0.15) is 52.9 Å². The van der Waals surface area contributed by atoms with Crippen molar-refractivity contribution in [1.29, 1.82) is 0 Å². The first-order valence-electron chi connectivity index (χ1n) is 8.38. The van der Waals surface area contributed by atoms with E-state index < -0.39 is 18.4 Å². The second kappa shape index (κ2) is 16.3. The molecule has 0 aliphatic heterocycles. The number of carboxylic acids is 1. The number of hydrogen-bond donors (Lipinski definition) is 3. The zero-order valence-corrected chi connectivity index (χ0v) is 15.2. The molecule has 0 rings (SSSR count). The van der Waals surface area contributed by atoms with E-state index >= 15 is 0 Å². The van der Waals surface area contributed by atoms with Crippen molar-refractivity contribution >= 4 is 12.1 Å². The predicted octanol–water partition coefficient (Wildman–Crippen LogP) is 2.88. The fourth-order valence-electron chi connectivity index (χ4n) is 1.99. The number of hydrogen-bond acceptors (Lipinski definition) is 5. The molecule has 2 atom stereocenters. The third kappa shape index (κ3) is 18.4. The molecule has 0 radical (unpaired) electrons. The number of unbranched alkanes of at least 4 members (excludes halogenated alkanes) is 2. The summed E-state index contributed by atoms with van der Waals surface area (Å²) in [5.74, 6) is -0.0727. The molecule has 0 bridgehead atoms. The van der Waals surface area contributed by atoms with Crippen molar-refractivity contribution in [3.8, 4) is 0 Å². The minimum atomic E-state index is -0.847. The summed E-state index contributed by atoms with van der Waals surface area (Å²) in [7, 11) is 0. The zero-order valence-electron chi connectivity index (χ0n) is 15.2. The monoisotopic (exact) mass is 346 g/mol. The SMILES string of the molecule is C=CC(OCCCCC)OC(N)=O.CC(C)CC(CN)CC(=O)O. The van der Waals surface area contributed by atoms with Gasteiger partial charge < -0.3 is 26.0 Å². The van der Waals surface area contributed by atoms with Crippen LogP contribution in [0.5, 0.6) is 0 Å². The van der Waals surface area contributed by atoms with E-state index in [1.54, 1.807) is 0 Å². The van der Waals surface area contributed by atoms with Gasteiger partial charge in [0.1, 0.15) is 0 Å². The van der Waals surface area contributed by atoms with Gasteiger partial charge >= 0.3 is 12.1 Å². The quantitative estimate of drug-likeness (QED) is 0.283. The van der Waals surface area contributed by atoms with Crippen LogP contribution >= 0.6 is 0 Å². The summed E-state index contributed by atoms with van der Waals surface area (Å²) in [5, 5.41) is 8.47.